The van der Waals surface area contributed by atoms with Crippen LogP contribution in [0, 0.1) is 0 Å². The van der Waals surface area contributed by atoms with Crippen molar-refractivity contribution in [2.24, 2.45) is 0 Å². The Hall–Kier alpha value is -2.02. The van der Waals surface area contributed by atoms with Gasteiger partial charge in [0.25, 0.3) is 5.56 Å². The monoisotopic (exact) mass is 301 g/mol. The Labute approximate surface area is 127 Å². The molecule has 0 aromatic carbocycles. The Morgan fingerprint density at radius 1 is 1.41 bits per heavy atom. The van der Waals surface area contributed by atoms with E-state index in [1.54, 1.807) is 6.07 Å². The average molecular weight is 301 g/mol. The zero-order valence-corrected chi connectivity index (χ0v) is 12.7. The molecule has 0 unspecified atom stereocenters. The molecule has 1 aliphatic heterocycles. The van der Waals surface area contributed by atoms with Crippen LogP contribution in [0.5, 0.6) is 0 Å². The van der Waals surface area contributed by atoms with E-state index in [4.69, 9.17) is 4.52 Å². The van der Waals surface area contributed by atoms with Gasteiger partial charge in [0, 0.05) is 38.0 Å². The van der Waals surface area contributed by atoms with Gasteiger partial charge >= 0.3 is 0 Å². The summed E-state index contributed by atoms with van der Waals surface area (Å²) in [5, 5.41) is 8.48. The zero-order valence-electron chi connectivity index (χ0n) is 12.7. The van der Waals surface area contributed by atoms with Crippen molar-refractivity contribution in [3.63, 3.8) is 0 Å². The van der Waals surface area contributed by atoms with Crippen molar-refractivity contribution >= 4 is 0 Å². The Kier molecular flexibility index (Phi) is 3.29. The van der Waals surface area contributed by atoms with E-state index in [1.807, 2.05) is 6.92 Å². The van der Waals surface area contributed by atoms with Crippen LogP contribution in [0.1, 0.15) is 48.7 Å². The van der Waals surface area contributed by atoms with Crippen LogP contribution in [0.15, 0.2) is 15.4 Å². The normalized spacial score (nSPS) is 18.4. The minimum absolute atomic E-state index is 0.0306. The summed E-state index contributed by atoms with van der Waals surface area (Å²) in [6.45, 7) is 4.78. The minimum Gasteiger partial charge on any atom is -0.338 e. The molecule has 0 spiro atoms. The summed E-state index contributed by atoms with van der Waals surface area (Å²) in [6, 6.07) is 1.71. The highest BCUT2D eigenvalue weighted by molar-refractivity contribution is 5.20. The van der Waals surface area contributed by atoms with Crippen molar-refractivity contribution in [1.82, 2.24) is 24.8 Å². The molecule has 7 heteroatoms. The second kappa shape index (κ2) is 5.31. The molecule has 2 aliphatic rings. The number of hydrogen-bond acceptors (Lipinski definition) is 6. The third-order valence-corrected chi connectivity index (χ3v) is 4.31. The molecule has 116 valence electrons. The number of hydrogen-bond donors (Lipinski definition) is 0. The second-order valence-electron chi connectivity index (χ2n) is 6.05. The van der Waals surface area contributed by atoms with Gasteiger partial charge in [0.05, 0.1) is 12.2 Å². The van der Waals surface area contributed by atoms with E-state index >= 15 is 0 Å². The summed E-state index contributed by atoms with van der Waals surface area (Å²) in [5.74, 6) is 2.02. The summed E-state index contributed by atoms with van der Waals surface area (Å²) in [4.78, 5) is 18.6. The van der Waals surface area contributed by atoms with Crippen LogP contribution in [-0.4, -0.2) is 31.4 Å². The van der Waals surface area contributed by atoms with Crippen LogP contribution >= 0.6 is 0 Å². The van der Waals surface area contributed by atoms with E-state index in [1.165, 1.54) is 17.5 Å². The fourth-order valence-corrected chi connectivity index (χ4v) is 2.89. The highest BCUT2D eigenvalue weighted by Crippen LogP contribution is 2.38. The molecule has 1 saturated carbocycles. The number of fused-ring (bicyclic) bond motifs is 1. The molecule has 0 radical (unpaired) electrons. The van der Waals surface area contributed by atoms with Crippen LogP contribution in [0.4, 0.5) is 0 Å². The topological polar surface area (TPSA) is 77.1 Å². The first-order valence-electron chi connectivity index (χ1n) is 7.87. The van der Waals surface area contributed by atoms with Crippen molar-refractivity contribution in [3.05, 3.63) is 39.4 Å². The summed E-state index contributed by atoms with van der Waals surface area (Å²) >= 11 is 0. The van der Waals surface area contributed by atoms with Gasteiger partial charge in [-0.1, -0.05) is 5.16 Å². The van der Waals surface area contributed by atoms with Gasteiger partial charge in [0.15, 0.2) is 5.82 Å². The van der Waals surface area contributed by atoms with Gasteiger partial charge in [0.1, 0.15) is 0 Å². The van der Waals surface area contributed by atoms with Gasteiger partial charge in [-0.25, -0.2) is 4.68 Å². The lowest BCUT2D eigenvalue weighted by Gasteiger charge is -2.26. The molecule has 7 nitrogen and oxygen atoms in total. The molecule has 1 fully saturated rings. The van der Waals surface area contributed by atoms with Crippen molar-refractivity contribution in [1.29, 1.82) is 0 Å². The summed E-state index contributed by atoms with van der Waals surface area (Å²) in [7, 11) is 0. The van der Waals surface area contributed by atoms with E-state index in [9.17, 15) is 4.79 Å². The molecular weight excluding hydrogens is 282 g/mol. The number of aryl methyl sites for hydroxylation is 1. The maximum Gasteiger partial charge on any atom is 0.267 e. The Balaban J connectivity index is 1.48. The van der Waals surface area contributed by atoms with Gasteiger partial charge in [-0.15, -0.1) is 0 Å². The minimum atomic E-state index is -0.0306. The fraction of sp³-hybridized carbons (Fsp3) is 0.600. The molecule has 2 aromatic rings. The van der Waals surface area contributed by atoms with Crippen LogP contribution in [0.25, 0.3) is 0 Å². The maximum atomic E-state index is 11.9. The second-order valence-corrected chi connectivity index (χ2v) is 6.05. The first-order chi connectivity index (χ1) is 10.7. The van der Waals surface area contributed by atoms with Crippen LogP contribution in [0.3, 0.4) is 0 Å². The number of nitrogens with zero attached hydrogens (tertiary/aromatic N) is 5. The van der Waals surface area contributed by atoms with Crippen LogP contribution < -0.4 is 5.56 Å². The lowest BCUT2D eigenvalue weighted by atomic mass is 10.1. The summed E-state index contributed by atoms with van der Waals surface area (Å²) < 4.78 is 6.85. The van der Waals surface area contributed by atoms with E-state index in [0.29, 0.717) is 31.4 Å². The SMILES string of the molecule is CCn1nc2c(cc1=O)CN(Cc1nc(C3CC3)no1)CC2. The number of aromatic nitrogens is 4. The predicted molar refractivity (Wildman–Crippen MR) is 78.3 cm³/mol. The average Bonchev–Trinajstić information content (AvgIpc) is 3.27. The molecule has 22 heavy (non-hydrogen) atoms. The molecule has 0 N–H and O–H groups in total. The lowest BCUT2D eigenvalue weighted by molar-refractivity contribution is 0.207. The fourth-order valence-electron chi connectivity index (χ4n) is 2.89. The Morgan fingerprint density at radius 2 is 2.27 bits per heavy atom. The third kappa shape index (κ3) is 2.56. The first kappa shape index (κ1) is 13.6. The third-order valence-electron chi connectivity index (χ3n) is 4.31. The van der Waals surface area contributed by atoms with E-state index in [2.05, 4.69) is 20.1 Å². The van der Waals surface area contributed by atoms with Gasteiger partial charge in [0.2, 0.25) is 5.89 Å². The smallest absolute Gasteiger partial charge is 0.267 e. The van der Waals surface area contributed by atoms with Crippen molar-refractivity contribution in [2.45, 2.75) is 51.7 Å². The molecule has 0 amide bonds. The standard InChI is InChI=1S/C15H19N5O2/c1-2-20-14(21)7-11-8-19(6-5-12(11)17-20)9-13-16-15(18-22-13)10-3-4-10/h7,10H,2-6,8-9H2,1H3. The van der Waals surface area contributed by atoms with Gasteiger partial charge in [-0.3, -0.25) is 9.69 Å². The van der Waals surface area contributed by atoms with Crippen LogP contribution in [0.2, 0.25) is 0 Å². The predicted octanol–water partition coefficient (Wildman–Crippen LogP) is 1.08. The molecule has 0 saturated heterocycles. The zero-order chi connectivity index (χ0) is 15.1. The molecule has 3 heterocycles. The van der Waals surface area contributed by atoms with Crippen molar-refractivity contribution in [2.75, 3.05) is 6.54 Å². The van der Waals surface area contributed by atoms with Crippen molar-refractivity contribution < 1.29 is 4.52 Å². The van der Waals surface area contributed by atoms with Gasteiger partial charge in [-0.2, -0.15) is 10.1 Å². The Morgan fingerprint density at radius 3 is 3.05 bits per heavy atom. The molecule has 2 aromatic heterocycles. The highest BCUT2D eigenvalue weighted by atomic mass is 16.5. The van der Waals surface area contributed by atoms with Gasteiger partial charge < -0.3 is 4.52 Å². The first-order valence-corrected chi connectivity index (χ1v) is 7.87. The summed E-state index contributed by atoms with van der Waals surface area (Å²) in [5.41, 5.74) is 2.02. The lowest BCUT2D eigenvalue weighted by Crippen LogP contribution is -2.34. The molecular formula is C15H19N5O2. The van der Waals surface area contributed by atoms with Crippen molar-refractivity contribution in [3.8, 4) is 0 Å². The number of rotatable bonds is 4. The quantitative estimate of drug-likeness (QED) is 0.841. The molecule has 1 aliphatic carbocycles. The molecule has 0 atom stereocenters. The van der Waals surface area contributed by atoms with E-state index in [0.717, 1.165) is 30.0 Å². The maximum absolute atomic E-state index is 11.9. The molecule has 0 bridgehead atoms. The Bertz CT molecular complexity index is 747. The van der Waals surface area contributed by atoms with Crippen LogP contribution in [-0.2, 0) is 26.1 Å². The van der Waals surface area contributed by atoms with E-state index in [-0.39, 0.29) is 5.56 Å². The summed E-state index contributed by atoms with van der Waals surface area (Å²) in [6.07, 6.45) is 3.19. The molecule has 4 rings (SSSR count). The van der Waals surface area contributed by atoms with E-state index < -0.39 is 0 Å². The largest absolute Gasteiger partial charge is 0.338 e. The van der Waals surface area contributed by atoms with Gasteiger partial charge in [-0.05, 0) is 25.3 Å². The highest BCUT2D eigenvalue weighted by Gasteiger charge is 2.29.